The number of hydrogen-bond acceptors (Lipinski definition) is 4. The van der Waals surface area contributed by atoms with E-state index in [1.54, 1.807) is 52.0 Å². The Morgan fingerprint density at radius 2 is 0.962 bits per heavy atom. The van der Waals surface area contributed by atoms with Gasteiger partial charge in [-0.2, -0.15) is 10.2 Å². The Kier molecular flexibility index (Phi) is 5.87. The van der Waals surface area contributed by atoms with E-state index in [9.17, 15) is 9.59 Å². The summed E-state index contributed by atoms with van der Waals surface area (Å²) in [6, 6.07) is 18.3. The molecular formula is C20H24N4O2. The molecule has 0 aromatic heterocycles. The van der Waals surface area contributed by atoms with Crippen LogP contribution in [0.3, 0.4) is 0 Å². The van der Waals surface area contributed by atoms with E-state index >= 15 is 0 Å². The minimum absolute atomic E-state index is 0.299. The first kappa shape index (κ1) is 19.3. The second-order valence-corrected chi connectivity index (χ2v) is 6.96. The summed E-state index contributed by atoms with van der Waals surface area (Å²) < 4.78 is 0. The number of rotatable bonds is 6. The molecule has 2 rings (SSSR count). The van der Waals surface area contributed by atoms with Gasteiger partial charge in [0.1, 0.15) is 0 Å². The van der Waals surface area contributed by atoms with Crippen molar-refractivity contribution >= 4 is 23.2 Å². The monoisotopic (exact) mass is 352 g/mol. The summed E-state index contributed by atoms with van der Waals surface area (Å²) in [7, 11) is 0. The van der Waals surface area contributed by atoms with Gasteiger partial charge in [0.2, 0.25) is 0 Å². The predicted molar refractivity (Wildman–Crippen MR) is 103 cm³/mol. The number of para-hydroxylation sites is 2. The molecule has 0 saturated heterocycles. The number of benzene rings is 2. The van der Waals surface area contributed by atoms with Crippen LogP contribution in [0.1, 0.15) is 27.7 Å². The minimum atomic E-state index is -1.11. The van der Waals surface area contributed by atoms with Gasteiger partial charge in [-0.25, -0.2) is 0 Å². The Morgan fingerprint density at radius 3 is 1.27 bits per heavy atom. The Hall–Kier alpha value is -3.02. The largest absolute Gasteiger partial charge is 0.324 e. The van der Waals surface area contributed by atoms with Gasteiger partial charge in [0, 0.05) is 11.4 Å². The van der Waals surface area contributed by atoms with Crippen LogP contribution < -0.4 is 10.6 Å². The lowest BCUT2D eigenvalue weighted by Crippen LogP contribution is -2.38. The Bertz CT molecular complexity index is 716. The van der Waals surface area contributed by atoms with Gasteiger partial charge in [-0.3, -0.25) is 9.59 Å². The van der Waals surface area contributed by atoms with Crippen molar-refractivity contribution in [2.75, 3.05) is 10.6 Å². The number of anilines is 2. The molecule has 136 valence electrons. The zero-order valence-corrected chi connectivity index (χ0v) is 15.5. The number of azo groups is 1. The first-order chi connectivity index (χ1) is 12.2. The van der Waals surface area contributed by atoms with Crippen LogP contribution in [0.15, 0.2) is 70.9 Å². The molecule has 6 nitrogen and oxygen atoms in total. The highest BCUT2D eigenvalue weighted by molar-refractivity contribution is 5.98. The van der Waals surface area contributed by atoms with E-state index in [1.165, 1.54) is 0 Å². The van der Waals surface area contributed by atoms with Crippen LogP contribution >= 0.6 is 0 Å². The van der Waals surface area contributed by atoms with Gasteiger partial charge in [-0.05, 0) is 52.0 Å². The first-order valence-corrected chi connectivity index (χ1v) is 8.38. The number of nitrogens with zero attached hydrogens (tertiary/aromatic N) is 2. The molecule has 0 unspecified atom stereocenters. The van der Waals surface area contributed by atoms with Crippen molar-refractivity contribution in [2.45, 2.75) is 38.8 Å². The summed E-state index contributed by atoms with van der Waals surface area (Å²) in [4.78, 5) is 24.9. The molecule has 0 saturated carbocycles. The van der Waals surface area contributed by atoms with Crippen LogP contribution in [0.25, 0.3) is 0 Å². The normalized spacial score (nSPS) is 12.0. The maximum absolute atomic E-state index is 12.4. The van der Waals surface area contributed by atoms with Gasteiger partial charge >= 0.3 is 0 Å². The lowest BCUT2D eigenvalue weighted by molar-refractivity contribution is -0.122. The van der Waals surface area contributed by atoms with Gasteiger partial charge in [0.25, 0.3) is 11.8 Å². The molecule has 26 heavy (non-hydrogen) atoms. The second kappa shape index (κ2) is 7.91. The molecular weight excluding hydrogens is 328 g/mol. The zero-order chi connectivity index (χ0) is 19.2. The van der Waals surface area contributed by atoms with E-state index in [-0.39, 0.29) is 11.8 Å². The molecule has 2 amide bonds. The average Bonchev–Trinajstić information content (AvgIpc) is 2.62. The van der Waals surface area contributed by atoms with Crippen LogP contribution in [-0.4, -0.2) is 22.9 Å². The number of nitrogens with one attached hydrogen (secondary N) is 2. The molecule has 0 radical (unpaired) electrons. The minimum Gasteiger partial charge on any atom is -0.324 e. The summed E-state index contributed by atoms with van der Waals surface area (Å²) in [5.74, 6) is -0.599. The fraction of sp³-hybridized carbons (Fsp3) is 0.300. The molecule has 0 aliphatic carbocycles. The Morgan fingerprint density at radius 1 is 0.654 bits per heavy atom. The van der Waals surface area contributed by atoms with E-state index in [4.69, 9.17) is 0 Å². The third-order valence-corrected chi connectivity index (χ3v) is 3.72. The molecule has 0 aliphatic heterocycles. The van der Waals surface area contributed by atoms with Crippen molar-refractivity contribution in [3.63, 3.8) is 0 Å². The zero-order valence-electron chi connectivity index (χ0n) is 15.5. The quantitative estimate of drug-likeness (QED) is 0.761. The SMILES string of the molecule is CC(C)(N=NC(C)(C)C(=O)Nc1ccccc1)C(=O)Nc1ccccc1. The molecule has 2 aromatic rings. The van der Waals surface area contributed by atoms with E-state index in [0.717, 1.165) is 0 Å². The van der Waals surface area contributed by atoms with Crippen LogP contribution in [0, 0.1) is 0 Å². The third kappa shape index (κ3) is 5.24. The van der Waals surface area contributed by atoms with Gasteiger partial charge in [0.15, 0.2) is 11.1 Å². The van der Waals surface area contributed by atoms with Crippen LogP contribution in [-0.2, 0) is 9.59 Å². The van der Waals surface area contributed by atoms with Crippen molar-refractivity contribution in [3.05, 3.63) is 60.7 Å². The average molecular weight is 352 g/mol. The van der Waals surface area contributed by atoms with Crippen LogP contribution in [0.5, 0.6) is 0 Å². The van der Waals surface area contributed by atoms with E-state index < -0.39 is 11.1 Å². The maximum atomic E-state index is 12.4. The standard InChI is InChI=1S/C20H24N4O2/c1-19(2,17(25)21-15-11-7-5-8-12-15)23-24-20(3,4)18(26)22-16-13-9-6-10-14-16/h5-14H,1-4H3,(H,21,25)(H,22,26). The summed E-state index contributed by atoms with van der Waals surface area (Å²) in [6.07, 6.45) is 0. The summed E-state index contributed by atoms with van der Waals surface area (Å²) >= 11 is 0. The van der Waals surface area contributed by atoms with Crippen LogP contribution in [0.2, 0.25) is 0 Å². The number of amides is 2. The highest BCUT2D eigenvalue weighted by Gasteiger charge is 2.32. The highest BCUT2D eigenvalue weighted by atomic mass is 16.2. The third-order valence-electron chi connectivity index (χ3n) is 3.72. The van der Waals surface area contributed by atoms with Crippen molar-refractivity contribution in [1.29, 1.82) is 0 Å². The van der Waals surface area contributed by atoms with Crippen LogP contribution in [0.4, 0.5) is 11.4 Å². The fourth-order valence-electron chi connectivity index (χ4n) is 1.95. The molecule has 0 atom stereocenters. The van der Waals surface area contributed by atoms with Gasteiger partial charge in [-0.15, -0.1) is 0 Å². The van der Waals surface area contributed by atoms with Gasteiger partial charge in [-0.1, -0.05) is 36.4 Å². The number of carbonyl (C=O) groups excluding carboxylic acids is 2. The predicted octanol–water partition coefficient (Wildman–Crippen LogP) is 4.27. The molecule has 0 heterocycles. The fourth-order valence-corrected chi connectivity index (χ4v) is 1.95. The maximum Gasteiger partial charge on any atom is 0.253 e. The molecule has 0 bridgehead atoms. The lowest BCUT2D eigenvalue weighted by atomic mass is 10.0. The number of hydrogen-bond donors (Lipinski definition) is 2. The second-order valence-electron chi connectivity index (χ2n) is 6.96. The molecule has 0 fully saturated rings. The van der Waals surface area contributed by atoms with Gasteiger partial charge in [0.05, 0.1) is 0 Å². The summed E-state index contributed by atoms with van der Waals surface area (Å²) in [5, 5.41) is 13.9. The molecule has 2 N–H and O–H groups in total. The molecule has 6 heteroatoms. The highest BCUT2D eigenvalue weighted by Crippen LogP contribution is 2.20. The Labute approximate surface area is 153 Å². The Balaban J connectivity index is 2.04. The van der Waals surface area contributed by atoms with E-state index in [0.29, 0.717) is 11.4 Å². The van der Waals surface area contributed by atoms with E-state index in [1.807, 2.05) is 36.4 Å². The van der Waals surface area contributed by atoms with Crippen molar-refractivity contribution < 1.29 is 9.59 Å². The molecule has 0 aliphatic rings. The smallest absolute Gasteiger partial charge is 0.253 e. The van der Waals surface area contributed by atoms with Crippen molar-refractivity contribution in [2.24, 2.45) is 10.2 Å². The van der Waals surface area contributed by atoms with Crippen molar-refractivity contribution in [3.8, 4) is 0 Å². The molecule has 2 aromatic carbocycles. The summed E-state index contributed by atoms with van der Waals surface area (Å²) in [6.45, 7) is 6.61. The molecule has 0 spiro atoms. The first-order valence-electron chi connectivity index (χ1n) is 8.38. The number of carbonyl (C=O) groups is 2. The van der Waals surface area contributed by atoms with Crippen molar-refractivity contribution in [1.82, 2.24) is 0 Å². The van der Waals surface area contributed by atoms with E-state index in [2.05, 4.69) is 20.9 Å². The lowest BCUT2D eigenvalue weighted by Gasteiger charge is -2.22. The summed E-state index contributed by atoms with van der Waals surface area (Å²) in [5.41, 5.74) is -0.857. The topological polar surface area (TPSA) is 82.9 Å². The van der Waals surface area contributed by atoms with Gasteiger partial charge < -0.3 is 10.6 Å².